The molecular formula is C52H96O4. The molecule has 2 rings (SSSR count). The van der Waals surface area contributed by atoms with Gasteiger partial charge >= 0.3 is 5.97 Å². The van der Waals surface area contributed by atoms with Crippen molar-refractivity contribution in [1.29, 1.82) is 0 Å². The molecule has 0 saturated heterocycles. The van der Waals surface area contributed by atoms with Gasteiger partial charge in [-0.05, 0) is 87.5 Å². The number of aliphatic hydroxyl groups excluding tert-OH is 2. The Labute approximate surface area is 349 Å². The summed E-state index contributed by atoms with van der Waals surface area (Å²) in [6.45, 7) is 12.3. The second kappa shape index (κ2) is 31.7. The van der Waals surface area contributed by atoms with Crippen LogP contribution in [0.2, 0.25) is 0 Å². The Balaban J connectivity index is 1.30. The lowest BCUT2D eigenvalue weighted by molar-refractivity contribution is -0.142. The monoisotopic (exact) mass is 785 g/mol. The largest absolute Gasteiger partial charge is 0.461 e. The van der Waals surface area contributed by atoms with Crippen LogP contribution in [-0.2, 0) is 9.53 Å². The molecule has 0 spiro atoms. The number of esters is 1. The van der Waals surface area contributed by atoms with Crippen molar-refractivity contribution in [2.75, 3.05) is 13.2 Å². The minimum Gasteiger partial charge on any atom is -0.461 e. The number of carbonyl (C=O) groups is 1. The van der Waals surface area contributed by atoms with Crippen LogP contribution in [0.1, 0.15) is 259 Å². The van der Waals surface area contributed by atoms with Gasteiger partial charge in [-0.1, -0.05) is 211 Å². The van der Waals surface area contributed by atoms with Crippen molar-refractivity contribution in [2.45, 2.75) is 265 Å². The van der Waals surface area contributed by atoms with Crippen molar-refractivity contribution < 1.29 is 19.7 Å². The van der Waals surface area contributed by atoms with E-state index in [1.54, 1.807) is 0 Å². The average molecular weight is 785 g/mol. The number of hydrogen-bond donors (Lipinski definition) is 2. The second-order valence-corrected chi connectivity index (χ2v) is 19.7. The van der Waals surface area contributed by atoms with Crippen molar-refractivity contribution in [3.8, 4) is 0 Å². The SMILES string of the molecule is CC1=CC[C@@H]2C(C)(C)[C@H](O)CC[C@@]2(C)[C@@H]1CC/C(C)=C/COC(=O)CCCCCCCCCCCCCCCCCCCCCCCCCCCCCCCO. The maximum atomic E-state index is 12.3. The highest BCUT2D eigenvalue weighted by Crippen LogP contribution is 2.60. The molecule has 0 aromatic rings. The van der Waals surface area contributed by atoms with E-state index >= 15 is 0 Å². The Morgan fingerprint density at radius 3 is 1.46 bits per heavy atom. The number of unbranched alkanes of at least 4 members (excludes halogenated alkanes) is 28. The first-order chi connectivity index (χ1) is 27.1. The lowest BCUT2D eigenvalue weighted by Crippen LogP contribution is -2.54. The van der Waals surface area contributed by atoms with E-state index in [2.05, 4.69) is 46.8 Å². The molecule has 2 aliphatic rings. The summed E-state index contributed by atoms with van der Waals surface area (Å²) < 4.78 is 5.58. The molecule has 0 heterocycles. The summed E-state index contributed by atoms with van der Waals surface area (Å²) in [5.74, 6) is 1.03. The highest BCUT2D eigenvalue weighted by atomic mass is 16.5. The number of rotatable bonds is 36. The topological polar surface area (TPSA) is 66.8 Å². The third kappa shape index (κ3) is 21.8. The van der Waals surface area contributed by atoms with Gasteiger partial charge in [0.05, 0.1) is 6.10 Å². The Kier molecular flexibility index (Phi) is 28.9. The fourth-order valence-corrected chi connectivity index (χ4v) is 10.6. The summed E-state index contributed by atoms with van der Waals surface area (Å²) in [5.41, 5.74) is 3.05. The van der Waals surface area contributed by atoms with Crippen molar-refractivity contribution in [3.63, 3.8) is 0 Å². The summed E-state index contributed by atoms with van der Waals surface area (Å²) >= 11 is 0. The molecule has 0 unspecified atom stereocenters. The first-order valence-electron chi connectivity index (χ1n) is 24.9. The van der Waals surface area contributed by atoms with E-state index in [1.165, 1.54) is 178 Å². The Morgan fingerprint density at radius 1 is 0.661 bits per heavy atom. The second-order valence-electron chi connectivity index (χ2n) is 19.7. The van der Waals surface area contributed by atoms with Crippen molar-refractivity contribution in [2.24, 2.45) is 22.7 Å². The first kappa shape index (κ1) is 51.0. The predicted octanol–water partition coefficient (Wildman–Crippen LogP) is 15.7. The van der Waals surface area contributed by atoms with Crippen LogP contribution >= 0.6 is 0 Å². The highest BCUT2D eigenvalue weighted by molar-refractivity contribution is 5.69. The van der Waals surface area contributed by atoms with Crippen LogP contribution < -0.4 is 0 Å². The zero-order chi connectivity index (χ0) is 40.7. The molecule has 0 aromatic heterocycles. The van der Waals surface area contributed by atoms with Gasteiger partial charge in [-0.3, -0.25) is 4.79 Å². The third-order valence-electron chi connectivity index (χ3n) is 14.6. The number of fused-ring (bicyclic) bond motifs is 1. The van der Waals surface area contributed by atoms with Gasteiger partial charge in [-0.15, -0.1) is 0 Å². The highest BCUT2D eigenvalue weighted by Gasteiger charge is 2.54. The number of aliphatic hydroxyl groups is 2. The molecule has 56 heavy (non-hydrogen) atoms. The van der Waals surface area contributed by atoms with Gasteiger partial charge in [0.15, 0.2) is 0 Å². The van der Waals surface area contributed by atoms with E-state index in [0.29, 0.717) is 31.5 Å². The van der Waals surface area contributed by atoms with Crippen molar-refractivity contribution in [1.82, 2.24) is 0 Å². The van der Waals surface area contributed by atoms with E-state index in [9.17, 15) is 9.90 Å². The van der Waals surface area contributed by atoms with Crippen LogP contribution in [0.25, 0.3) is 0 Å². The van der Waals surface area contributed by atoms with Crippen molar-refractivity contribution in [3.05, 3.63) is 23.3 Å². The average Bonchev–Trinajstić information content (AvgIpc) is 3.17. The van der Waals surface area contributed by atoms with Gasteiger partial charge in [0, 0.05) is 13.0 Å². The van der Waals surface area contributed by atoms with Crippen molar-refractivity contribution >= 4 is 5.97 Å². The van der Waals surface area contributed by atoms with Gasteiger partial charge in [0.25, 0.3) is 0 Å². The van der Waals surface area contributed by atoms with Gasteiger partial charge in [0.2, 0.25) is 0 Å². The normalized spacial score (nSPS) is 22.2. The van der Waals surface area contributed by atoms with Crippen LogP contribution in [0.4, 0.5) is 0 Å². The molecule has 0 aliphatic heterocycles. The lowest BCUT2D eigenvalue weighted by atomic mass is 9.47. The molecule has 1 saturated carbocycles. The zero-order valence-corrected chi connectivity index (χ0v) is 38.3. The molecule has 0 amide bonds. The van der Waals surface area contributed by atoms with Crippen LogP contribution in [0.5, 0.6) is 0 Å². The minimum atomic E-state index is -0.199. The summed E-state index contributed by atoms with van der Waals surface area (Å²) in [6.07, 6.45) is 49.6. The van der Waals surface area contributed by atoms with Gasteiger partial charge < -0.3 is 14.9 Å². The van der Waals surface area contributed by atoms with Crippen LogP contribution in [0, 0.1) is 22.7 Å². The van der Waals surface area contributed by atoms with E-state index in [1.807, 2.05) is 0 Å². The van der Waals surface area contributed by atoms with Gasteiger partial charge in [-0.2, -0.15) is 0 Å². The van der Waals surface area contributed by atoms with E-state index in [-0.39, 0.29) is 22.9 Å². The molecule has 1 fully saturated rings. The smallest absolute Gasteiger partial charge is 0.306 e. The molecule has 0 bridgehead atoms. The summed E-state index contributed by atoms with van der Waals surface area (Å²) in [7, 11) is 0. The van der Waals surface area contributed by atoms with E-state index < -0.39 is 0 Å². The van der Waals surface area contributed by atoms with Crippen LogP contribution in [-0.4, -0.2) is 35.5 Å². The molecule has 2 N–H and O–H groups in total. The van der Waals surface area contributed by atoms with Crippen LogP contribution in [0.15, 0.2) is 23.3 Å². The first-order valence-corrected chi connectivity index (χ1v) is 24.9. The fourth-order valence-electron chi connectivity index (χ4n) is 10.6. The van der Waals surface area contributed by atoms with Crippen LogP contribution in [0.3, 0.4) is 0 Å². The minimum absolute atomic E-state index is 0.0383. The summed E-state index contributed by atoms with van der Waals surface area (Å²) in [5, 5.41) is 19.6. The number of hydrogen-bond acceptors (Lipinski definition) is 4. The molecule has 4 nitrogen and oxygen atoms in total. The molecule has 4 atom stereocenters. The number of ether oxygens (including phenoxy) is 1. The maximum Gasteiger partial charge on any atom is 0.306 e. The lowest BCUT2D eigenvalue weighted by Gasteiger charge is -2.58. The quantitative estimate of drug-likeness (QED) is 0.0377. The standard InChI is InChI=1S/C52H96O4/c1-45(36-38-47-46(2)37-39-48-51(3,4)49(54)40-42-52(47,48)5)41-44-56-50(55)35-33-31-29-27-25-23-21-19-17-15-13-11-9-7-6-8-10-12-14-16-18-20-22-24-26-28-30-32-34-43-53/h37,41,47-49,53-54H,6-36,38-40,42-44H2,1-5H3/b45-41+/t47-,48-,49-,52+/m1/s1. The summed E-state index contributed by atoms with van der Waals surface area (Å²) in [6, 6.07) is 0. The maximum absolute atomic E-state index is 12.3. The third-order valence-corrected chi connectivity index (χ3v) is 14.6. The Hall–Kier alpha value is -1.13. The molecule has 0 aromatic carbocycles. The molecule has 4 heteroatoms. The Bertz CT molecular complexity index is 1030. The molecular weight excluding hydrogens is 689 g/mol. The zero-order valence-electron chi connectivity index (χ0n) is 38.3. The molecule has 0 radical (unpaired) electrons. The fraction of sp³-hybridized carbons (Fsp3) is 0.904. The van der Waals surface area contributed by atoms with Gasteiger partial charge in [-0.25, -0.2) is 0 Å². The van der Waals surface area contributed by atoms with E-state index in [0.717, 1.165) is 51.4 Å². The number of allylic oxidation sites excluding steroid dienone is 3. The Morgan fingerprint density at radius 2 is 1.05 bits per heavy atom. The number of carbonyl (C=O) groups excluding carboxylic acids is 1. The van der Waals surface area contributed by atoms with Gasteiger partial charge in [0.1, 0.15) is 6.61 Å². The molecule has 2 aliphatic carbocycles. The summed E-state index contributed by atoms with van der Waals surface area (Å²) in [4.78, 5) is 12.3. The van der Waals surface area contributed by atoms with E-state index in [4.69, 9.17) is 9.84 Å². The molecule has 328 valence electrons. The predicted molar refractivity (Wildman–Crippen MR) is 242 cm³/mol.